The van der Waals surface area contributed by atoms with Crippen molar-refractivity contribution < 1.29 is 4.79 Å². The zero-order chi connectivity index (χ0) is 20.5. The molecule has 1 aliphatic rings. The van der Waals surface area contributed by atoms with Gasteiger partial charge in [-0.25, -0.2) is 9.78 Å². The molecule has 2 amide bonds. The first kappa shape index (κ1) is 19.4. The zero-order valence-corrected chi connectivity index (χ0v) is 17.5. The highest BCUT2D eigenvalue weighted by molar-refractivity contribution is 5.94. The third-order valence-electron chi connectivity index (χ3n) is 5.87. The van der Waals surface area contributed by atoms with Crippen LogP contribution in [0.4, 0.5) is 10.6 Å². The number of fused-ring (bicyclic) bond motifs is 1. The zero-order valence-electron chi connectivity index (χ0n) is 17.5. The molecule has 29 heavy (non-hydrogen) atoms. The Bertz CT molecular complexity index is 1030. The average Bonchev–Trinajstić information content (AvgIpc) is 3.14. The van der Waals surface area contributed by atoms with Gasteiger partial charge in [0.1, 0.15) is 5.82 Å². The highest BCUT2D eigenvalue weighted by Gasteiger charge is 2.24. The van der Waals surface area contributed by atoms with Crippen molar-refractivity contribution in [3.63, 3.8) is 0 Å². The predicted octanol–water partition coefficient (Wildman–Crippen LogP) is 3.50. The van der Waals surface area contributed by atoms with Crippen LogP contribution in [0.25, 0.3) is 21.9 Å². The Morgan fingerprint density at radius 2 is 1.90 bits per heavy atom. The van der Waals surface area contributed by atoms with Crippen LogP contribution < -0.4 is 5.32 Å². The van der Waals surface area contributed by atoms with Gasteiger partial charge in [0.05, 0.1) is 6.20 Å². The summed E-state index contributed by atoms with van der Waals surface area (Å²) in [7, 11) is 5.91. The number of carbonyl (C=O) groups excluding carboxylic acids is 1. The van der Waals surface area contributed by atoms with Crippen LogP contribution in [-0.4, -0.2) is 63.8 Å². The van der Waals surface area contributed by atoms with Crippen LogP contribution in [0, 0.1) is 6.92 Å². The number of benzene rings is 1. The minimum atomic E-state index is -0.105. The molecule has 0 saturated carbocycles. The summed E-state index contributed by atoms with van der Waals surface area (Å²) in [4.78, 5) is 21.3. The van der Waals surface area contributed by atoms with E-state index in [9.17, 15) is 4.79 Å². The molecule has 0 bridgehead atoms. The third kappa shape index (κ3) is 4.10. The fourth-order valence-electron chi connectivity index (χ4n) is 3.99. The summed E-state index contributed by atoms with van der Waals surface area (Å²) < 4.78 is 1.80. The molecule has 1 aromatic carbocycles. The number of piperidine rings is 1. The van der Waals surface area contributed by atoms with Gasteiger partial charge in [-0.2, -0.15) is 5.10 Å². The van der Waals surface area contributed by atoms with E-state index in [1.807, 2.05) is 43.7 Å². The standard InChI is InChI=1S/C22H28N6O/c1-15-9-16(18-12-24-27(3)14-18)10-17-11-21(23-13-20(15)17)25-22(29)28(4)19-5-7-26(2)8-6-19/h9-14,19H,5-8H2,1-4H3,(H,23,25,29). The third-order valence-corrected chi connectivity index (χ3v) is 5.87. The number of hydrogen-bond donors (Lipinski definition) is 1. The monoisotopic (exact) mass is 392 g/mol. The molecule has 1 fully saturated rings. The van der Waals surface area contributed by atoms with E-state index in [2.05, 4.69) is 46.4 Å². The smallest absolute Gasteiger partial charge is 0.323 e. The van der Waals surface area contributed by atoms with Crippen molar-refractivity contribution in [1.82, 2.24) is 24.6 Å². The van der Waals surface area contributed by atoms with Crippen LogP contribution in [0.3, 0.4) is 0 Å². The molecule has 7 nitrogen and oxygen atoms in total. The number of nitrogens with zero attached hydrogens (tertiary/aromatic N) is 5. The first-order chi connectivity index (χ1) is 13.9. The second-order valence-corrected chi connectivity index (χ2v) is 8.06. The maximum Gasteiger partial charge on any atom is 0.323 e. The van der Waals surface area contributed by atoms with Gasteiger partial charge >= 0.3 is 6.03 Å². The van der Waals surface area contributed by atoms with Gasteiger partial charge in [-0.1, -0.05) is 6.07 Å². The Hall–Kier alpha value is -2.93. The lowest BCUT2D eigenvalue weighted by Gasteiger charge is -2.34. The SMILES string of the molecule is Cc1cc(-c2cnn(C)c2)cc2cc(NC(=O)N(C)C3CCN(C)CC3)ncc12. The molecule has 0 radical (unpaired) electrons. The molecule has 0 aliphatic carbocycles. The van der Waals surface area contributed by atoms with Crippen LogP contribution in [0.1, 0.15) is 18.4 Å². The number of aryl methyl sites for hydroxylation is 2. The Kier molecular flexibility index (Phi) is 5.24. The summed E-state index contributed by atoms with van der Waals surface area (Å²) >= 11 is 0. The molecule has 4 rings (SSSR count). The number of pyridine rings is 1. The number of carbonyl (C=O) groups is 1. The van der Waals surface area contributed by atoms with Gasteiger partial charge in [-0.05, 0) is 68.5 Å². The molecule has 1 N–H and O–H groups in total. The molecule has 0 unspecified atom stereocenters. The summed E-state index contributed by atoms with van der Waals surface area (Å²) in [5, 5.41) is 9.37. The fourth-order valence-corrected chi connectivity index (χ4v) is 3.99. The highest BCUT2D eigenvalue weighted by atomic mass is 16.2. The van der Waals surface area contributed by atoms with Crippen LogP contribution in [0.2, 0.25) is 0 Å². The van der Waals surface area contributed by atoms with E-state index >= 15 is 0 Å². The highest BCUT2D eigenvalue weighted by Crippen LogP contribution is 2.28. The minimum Gasteiger partial charge on any atom is -0.324 e. The van der Waals surface area contributed by atoms with Gasteiger partial charge in [0.15, 0.2) is 0 Å². The van der Waals surface area contributed by atoms with E-state index in [1.165, 1.54) is 0 Å². The quantitative estimate of drug-likeness (QED) is 0.741. The summed E-state index contributed by atoms with van der Waals surface area (Å²) in [5.74, 6) is 0.574. The summed E-state index contributed by atoms with van der Waals surface area (Å²) in [6.45, 7) is 4.12. The van der Waals surface area contributed by atoms with E-state index in [0.29, 0.717) is 5.82 Å². The second kappa shape index (κ2) is 7.83. The number of rotatable bonds is 3. The number of nitrogens with one attached hydrogen (secondary N) is 1. The van der Waals surface area contributed by atoms with E-state index < -0.39 is 0 Å². The normalized spacial score (nSPS) is 15.6. The number of hydrogen-bond acceptors (Lipinski definition) is 4. The first-order valence-corrected chi connectivity index (χ1v) is 10.0. The van der Waals surface area contributed by atoms with Crippen molar-refractivity contribution >= 4 is 22.6 Å². The van der Waals surface area contributed by atoms with Gasteiger partial charge < -0.3 is 9.80 Å². The van der Waals surface area contributed by atoms with Crippen LogP contribution in [0.15, 0.2) is 36.8 Å². The van der Waals surface area contributed by atoms with Gasteiger partial charge in [0, 0.05) is 43.5 Å². The van der Waals surface area contributed by atoms with Crippen molar-refractivity contribution in [2.45, 2.75) is 25.8 Å². The molecule has 152 valence electrons. The maximum atomic E-state index is 12.7. The Morgan fingerprint density at radius 1 is 1.14 bits per heavy atom. The van der Waals surface area contributed by atoms with E-state index in [1.54, 1.807) is 4.68 Å². The molecule has 7 heteroatoms. The van der Waals surface area contributed by atoms with Crippen LogP contribution >= 0.6 is 0 Å². The fraction of sp³-hybridized carbons (Fsp3) is 0.409. The van der Waals surface area contributed by atoms with Crippen molar-refractivity contribution in [3.8, 4) is 11.1 Å². The Labute approximate surface area is 171 Å². The first-order valence-electron chi connectivity index (χ1n) is 10.0. The van der Waals surface area contributed by atoms with Crippen molar-refractivity contribution in [1.29, 1.82) is 0 Å². The molecular formula is C22H28N6O. The number of likely N-dealkylation sites (tertiary alicyclic amines) is 1. The van der Waals surface area contributed by atoms with Crippen LogP contribution in [-0.2, 0) is 7.05 Å². The maximum absolute atomic E-state index is 12.7. The molecular weight excluding hydrogens is 364 g/mol. The lowest BCUT2D eigenvalue weighted by molar-refractivity contribution is 0.156. The molecule has 1 saturated heterocycles. The summed E-state index contributed by atoms with van der Waals surface area (Å²) in [6, 6.07) is 6.38. The van der Waals surface area contributed by atoms with E-state index in [0.717, 1.165) is 53.4 Å². The van der Waals surface area contributed by atoms with Crippen molar-refractivity contribution in [2.75, 3.05) is 32.5 Å². The molecule has 3 aromatic rings. The second-order valence-electron chi connectivity index (χ2n) is 8.06. The van der Waals surface area contributed by atoms with Gasteiger partial charge in [0.25, 0.3) is 0 Å². The molecule has 0 spiro atoms. The largest absolute Gasteiger partial charge is 0.324 e. The molecule has 1 aliphatic heterocycles. The van der Waals surface area contributed by atoms with Gasteiger partial charge in [-0.15, -0.1) is 0 Å². The van der Waals surface area contributed by atoms with Gasteiger partial charge in [0.2, 0.25) is 0 Å². The number of urea groups is 1. The number of amides is 2. The Morgan fingerprint density at radius 3 is 2.59 bits per heavy atom. The topological polar surface area (TPSA) is 66.3 Å². The Balaban J connectivity index is 1.55. The van der Waals surface area contributed by atoms with E-state index in [4.69, 9.17) is 0 Å². The van der Waals surface area contributed by atoms with Crippen molar-refractivity contribution in [3.05, 3.63) is 42.4 Å². The summed E-state index contributed by atoms with van der Waals surface area (Å²) in [5.41, 5.74) is 3.33. The molecule has 3 heterocycles. The van der Waals surface area contributed by atoms with Gasteiger partial charge in [-0.3, -0.25) is 10.00 Å². The number of aromatic nitrogens is 3. The minimum absolute atomic E-state index is 0.105. The van der Waals surface area contributed by atoms with Crippen molar-refractivity contribution in [2.24, 2.45) is 7.05 Å². The van der Waals surface area contributed by atoms with E-state index in [-0.39, 0.29) is 12.1 Å². The summed E-state index contributed by atoms with van der Waals surface area (Å²) in [6.07, 6.45) is 7.70. The number of anilines is 1. The average molecular weight is 393 g/mol. The predicted molar refractivity (Wildman–Crippen MR) is 116 cm³/mol. The molecule has 0 atom stereocenters. The molecule has 2 aromatic heterocycles. The lowest BCUT2D eigenvalue weighted by atomic mass is 10.0. The lowest BCUT2D eigenvalue weighted by Crippen LogP contribution is -2.46. The van der Waals surface area contributed by atoms with Crippen LogP contribution in [0.5, 0.6) is 0 Å².